The van der Waals surface area contributed by atoms with Crippen LogP contribution < -0.4 is 10.6 Å². The van der Waals surface area contributed by atoms with Crippen LogP contribution in [0.3, 0.4) is 0 Å². The zero-order chi connectivity index (χ0) is 24.5. The summed E-state index contributed by atoms with van der Waals surface area (Å²) in [5, 5.41) is 10.5. The maximum absolute atomic E-state index is 13.6. The van der Waals surface area contributed by atoms with Crippen LogP contribution in [-0.2, 0) is 4.79 Å². The van der Waals surface area contributed by atoms with Gasteiger partial charge in [0.05, 0.1) is 0 Å². The van der Waals surface area contributed by atoms with Crippen LogP contribution in [0.2, 0.25) is 0 Å². The number of hydrogen-bond donors (Lipinski definition) is 2. The Hall–Kier alpha value is -3.48. The van der Waals surface area contributed by atoms with Gasteiger partial charge in [-0.25, -0.2) is 0 Å². The number of nitrogens with one attached hydrogen (secondary N) is 2. The average Bonchev–Trinajstić information content (AvgIpc) is 3.79. The third kappa shape index (κ3) is 5.14. The number of aromatic nitrogens is 3. The second-order valence-electron chi connectivity index (χ2n) is 10.2. The van der Waals surface area contributed by atoms with E-state index in [2.05, 4.69) is 20.7 Å². The summed E-state index contributed by atoms with van der Waals surface area (Å²) in [4.78, 5) is 31.0. The molecule has 2 aliphatic rings. The van der Waals surface area contributed by atoms with Crippen molar-refractivity contribution in [1.82, 2.24) is 20.1 Å². The maximum Gasteiger partial charge on any atom is 0.270 e. The highest BCUT2D eigenvalue weighted by molar-refractivity contribution is 6.01. The first-order valence-corrected chi connectivity index (χ1v) is 12.6. The summed E-state index contributed by atoms with van der Waals surface area (Å²) < 4.78 is 1.70. The third-order valence-electron chi connectivity index (χ3n) is 7.16. The van der Waals surface area contributed by atoms with Crippen molar-refractivity contribution < 1.29 is 9.59 Å². The van der Waals surface area contributed by atoms with E-state index in [-0.39, 0.29) is 23.8 Å². The lowest BCUT2D eigenvalue weighted by Crippen LogP contribution is -2.50. The number of carbonyl (C=O) groups is 2. The predicted octanol–water partition coefficient (Wildman–Crippen LogP) is 5.01. The highest BCUT2D eigenvalue weighted by atomic mass is 16.2. The lowest BCUT2D eigenvalue weighted by molar-refractivity contribution is -0.119. The van der Waals surface area contributed by atoms with E-state index in [0.29, 0.717) is 17.5 Å². The number of hydrogen-bond acceptors (Lipinski definition) is 4. The molecular weight excluding hydrogens is 438 g/mol. The van der Waals surface area contributed by atoms with E-state index in [1.54, 1.807) is 23.1 Å². The van der Waals surface area contributed by atoms with Crippen molar-refractivity contribution in [2.45, 2.75) is 58.5 Å². The van der Waals surface area contributed by atoms with Crippen molar-refractivity contribution in [1.29, 1.82) is 0 Å². The SMILES string of the molecule is Cc1cnccc1-c1ccc(NC(=O)[C@@H](NC(=O)c2ccnn2C(C)C)C(C2CC2)C2CC2)cc1. The Morgan fingerprint density at radius 1 is 0.971 bits per heavy atom. The fourth-order valence-corrected chi connectivity index (χ4v) is 5.10. The van der Waals surface area contributed by atoms with E-state index in [1.807, 2.05) is 57.3 Å². The van der Waals surface area contributed by atoms with Crippen molar-refractivity contribution in [3.8, 4) is 11.1 Å². The van der Waals surface area contributed by atoms with Crippen LogP contribution >= 0.6 is 0 Å². The molecule has 7 heteroatoms. The molecule has 182 valence electrons. The smallest absolute Gasteiger partial charge is 0.270 e. The number of benzene rings is 1. The topological polar surface area (TPSA) is 88.9 Å². The van der Waals surface area contributed by atoms with Gasteiger partial charge >= 0.3 is 0 Å². The summed E-state index contributed by atoms with van der Waals surface area (Å²) >= 11 is 0. The fraction of sp³-hybridized carbons (Fsp3) is 0.429. The summed E-state index contributed by atoms with van der Waals surface area (Å²) in [6, 6.07) is 11.0. The minimum atomic E-state index is -0.569. The summed E-state index contributed by atoms with van der Waals surface area (Å²) in [6.45, 7) is 6.01. The van der Waals surface area contributed by atoms with E-state index >= 15 is 0 Å². The van der Waals surface area contributed by atoms with E-state index in [1.165, 1.54) is 0 Å². The normalized spacial score (nSPS) is 16.4. The van der Waals surface area contributed by atoms with E-state index in [0.717, 1.165) is 48.1 Å². The summed E-state index contributed by atoms with van der Waals surface area (Å²) in [6.07, 6.45) is 9.78. The first kappa shape index (κ1) is 23.3. The van der Waals surface area contributed by atoms with Crippen LogP contribution in [0.15, 0.2) is 55.0 Å². The highest BCUT2D eigenvalue weighted by Gasteiger charge is 2.48. The van der Waals surface area contributed by atoms with Crippen molar-refractivity contribution >= 4 is 17.5 Å². The standard InChI is InChI=1S/C28H33N5O2/c1-17(2)33-24(13-15-30-33)27(34)32-26(25(20-4-5-20)21-6-7-21)28(35)31-22-10-8-19(9-11-22)23-12-14-29-16-18(23)3/h8-17,20-21,25-26H,4-7H2,1-3H3,(H,31,35)(H,32,34)/t26-/m0/s1. The van der Waals surface area contributed by atoms with Gasteiger partial charge in [-0.2, -0.15) is 5.10 Å². The Balaban J connectivity index is 1.36. The van der Waals surface area contributed by atoms with Crippen molar-refractivity contribution in [2.24, 2.45) is 17.8 Å². The Morgan fingerprint density at radius 2 is 1.66 bits per heavy atom. The molecule has 2 aliphatic carbocycles. The van der Waals surface area contributed by atoms with Gasteiger partial charge in [0.2, 0.25) is 5.91 Å². The molecule has 2 aromatic heterocycles. The number of aryl methyl sites for hydroxylation is 1. The quantitative estimate of drug-likeness (QED) is 0.459. The molecule has 0 spiro atoms. The summed E-state index contributed by atoms with van der Waals surface area (Å²) in [5.41, 5.74) is 4.50. The van der Waals surface area contributed by atoms with Crippen molar-refractivity contribution in [3.05, 3.63) is 66.2 Å². The fourth-order valence-electron chi connectivity index (χ4n) is 5.10. The van der Waals surface area contributed by atoms with Crippen LogP contribution in [0.4, 0.5) is 5.69 Å². The van der Waals surface area contributed by atoms with Crippen LogP contribution in [-0.4, -0.2) is 32.6 Å². The third-order valence-corrected chi connectivity index (χ3v) is 7.16. The monoisotopic (exact) mass is 471 g/mol. The second kappa shape index (κ2) is 9.64. The molecule has 0 bridgehead atoms. The van der Waals surface area contributed by atoms with E-state index < -0.39 is 6.04 Å². The van der Waals surface area contributed by atoms with Gasteiger partial charge in [-0.15, -0.1) is 0 Å². The average molecular weight is 472 g/mol. The first-order valence-electron chi connectivity index (χ1n) is 12.6. The van der Waals surface area contributed by atoms with E-state index in [9.17, 15) is 9.59 Å². The first-order chi connectivity index (χ1) is 16.9. The molecule has 2 heterocycles. The van der Waals surface area contributed by atoms with Gasteiger partial charge in [0.1, 0.15) is 11.7 Å². The molecule has 0 unspecified atom stereocenters. The molecule has 2 saturated carbocycles. The summed E-state index contributed by atoms with van der Waals surface area (Å²) in [7, 11) is 0. The van der Waals surface area contributed by atoms with Gasteiger partial charge in [-0.3, -0.25) is 19.3 Å². The van der Waals surface area contributed by atoms with Crippen molar-refractivity contribution in [3.63, 3.8) is 0 Å². The number of anilines is 1. The minimum absolute atomic E-state index is 0.0586. The predicted molar refractivity (Wildman–Crippen MR) is 136 cm³/mol. The number of amides is 2. The molecule has 1 aromatic carbocycles. The van der Waals surface area contributed by atoms with Gasteiger partial charge < -0.3 is 10.6 Å². The minimum Gasteiger partial charge on any atom is -0.339 e. The van der Waals surface area contributed by atoms with Crippen LogP contribution in [0.1, 0.15) is 61.6 Å². The van der Waals surface area contributed by atoms with E-state index in [4.69, 9.17) is 0 Å². The Kier molecular flexibility index (Phi) is 6.41. The van der Waals surface area contributed by atoms with Crippen LogP contribution in [0.25, 0.3) is 11.1 Å². The molecule has 1 atom stereocenters. The summed E-state index contributed by atoms with van der Waals surface area (Å²) in [5.74, 6) is 0.793. The highest BCUT2D eigenvalue weighted by Crippen LogP contribution is 2.51. The molecule has 2 amide bonds. The molecule has 5 rings (SSSR count). The largest absolute Gasteiger partial charge is 0.339 e. The molecular formula is C28H33N5O2. The number of carbonyl (C=O) groups excluding carboxylic acids is 2. The Bertz CT molecular complexity index is 1200. The Labute approximate surface area is 206 Å². The molecule has 0 saturated heterocycles. The van der Waals surface area contributed by atoms with Crippen LogP contribution in [0, 0.1) is 24.7 Å². The molecule has 0 aliphatic heterocycles. The zero-order valence-corrected chi connectivity index (χ0v) is 20.6. The Morgan fingerprint density at radius 3 is 2.26 bits per heavy atom. The lowest BCUT2D eigenvalue weighted by atomic mass is 9.88. The zero-order valence-electron chi connectivity index (χ0n) is 20.6. The van der Waals surface area contributed by atoms with Crippen LogP contribution in [0.5, 0.6) is 0 Å². The van der Waals surface area contributed by atoms with Gasteiger partial charge in [-0.05, 0) is 105 Å². The lowest BCUT2D eigenvalue weighted by Gasteiger charge is -2.28. The number of nitrogens with zero attached hydrogens (tertiary/aromatic N) is 3. The maximum atomic E-state index is 13.6. The molecule has 35 heavy (non-hydrogen) atoms. The molecule has 7 nitrogen and oxygen atoms in total. The molecule has 3 aromatic rings. The van der Waals surface area contributed by atoms with Gasteiger partial charge in [0.25, 0.3) is 5.91 Å². The second-order valence-corrected chi connectivity index (χ2v) is 10.2. The number of rotatable bonds is 9. The van der Waals surface area contributed by atoms with Gasteiger partial charge in [-0.1, -0.05) is 12.1 Å². The van der Waals surface area contributed by atoms with Crippen molar-refractivity contribution in [2.75, 3.05) is 5.32 Å². The molecule has 0 radical (unpaired) electrons. The van der Waals surface area contributed by atoms with Gasteiger partial charge in [0.15, 0.2) is 0 Å². The molecule has 2 fully saturated rings. The molecule has 2 N–H and O–H groups in total. The van der Waals surface area contributed by atoms with Gasteiger partial charge in [0, 0.05) is 30.3 Å². The number of pyridine rings is 1.